The fourth-order valence-corrected chi connectivity index (χ4v) is 3.13. The normalized spacial score (nSPS) is 12.9. The van der Waals surface area contributed by atoms with Gasteiger partial charge in [0.25, 0.3) is 0 Å². The van der Waals surface area contributed by atoms with Gasteiger partial charge in [0.05, 0.1) is 21.6 Å². The Labute approximate surface area is 125 Å². The van der Waals surface area contributed by atoms with E-state index in [1.54, 1.807) is 16.2 Å². The zero-order valence-corrected chi connectivity index (χ0v) is 13.7. The first kappa shape index (κ1) is 14.5. The van der Waals surface area contributed by atoms with E-state index in [-0.39, 0.29) is 16.7 Å². The lowest BCUT2D eigenvalue weighted by molar-refractivity contribution is -0.130. The van der Waals surface area contributed by atoms with Crippen molar-refractivity contribution in [2.75, 3.05) is 7.05 Å². The number of thiazole rings is 1. The predicted octanol–water partition coefficient (Wildman–Crippen LogP) is 3.67. The van der Waals surface area contributed by atoms with Gasteiger partial charge in [0.2, 0.25) is 5.91 Å². The fourth-order valence-electron chi connectivity index (χ4n) is 1.76. The number of para-hydroxylation sites is 1. The van der Waals surface area contributed by atoms with Crippen molar-refractivity contribution in [2.45, 2.75) is 25.2 Å². The Hall–Kier alpha value is -0.940. The van der Waals surface area contributed by atoms with Gasteiger partial charge in [-0.2, -0.15) is 0 Å². The largest absolute Gasteiger partial charge is 0.338 e. The van der Waals surface area contributed by atoms with E-state index >= 15 is 0 Å². The number of hydrogen-bond donors (Lipinski definition) is 0. The number of hydrogen-bond acceptors (Lipinski definition) is 3. The minimum atomic E-state index is -0.133. The molecule has 5 heteroatoms. The zero-order valence-electron chi connectivity index (χ0n) is 11.3. The monoisotopic (exact) mass is 340 g/mol. The van der Waals surface area contributed by atoms with E-state index in [1.807, 2.05) is 39.1 Å². The van der Waals surface area contributed by atoms with Crippen LogP contribution in [0.15, 0.2) is 24.3 Å². The Balaban J connectivity index is 2.10. The summed E-state index contributed by atoms with van der Waals surface area (Å²) < 4.78 is 1.16. The first-order chi connectivity index (χ1) is 8.99. The summed E-state index contributed by atoms with van der Waals surface area (Å²) in [5.41, 5.74) is 1.00. The number of benzene rings is 1. The van der Waals surface area contributed by atoms with Crippen LogP contribution in [0.1, 0.15) is 18.9 Å². The van der Waals surface area contributed by atoms with E-state index in [4.69, 9.17) is 0 Å². The standard InChI is InChI=1S/C14H17BrN2OS/c1-9(2)13(15)14(18)17(3)8-12-16-10-6-4-5-7-11(10)19-12/h4-7,9,13H,8H2,1-3H3. The van der Waals surface area contributed by atoms with Crippen molar-refractivity contribution in [3.8, 4) is 0 Å². The Morgan fingerprint density at radius 3 is 2.74 bits per heavy atom. The number of nitrogens with zero attached hydrogens (tertiary/aromatic N) is 2. The molecule has 0 radical (unpaired) electrons. The molecule has 1 aromatic carbocycles. The van der Waals surface area contributed by atoms with E-state index in [2.05, 4.69) is 27.0 Å². The van der Waals surface area contributed by atoms with Gasteiger partial charge in [-0.25, -0.2) is 4.98 Å². The van der Waals surface area contributed by atoms with Crippen LogP contribution >= 0.6 is 27.3 Å². The SMILES string of the molecule is CC(C)C(Br)C(=O)N(C)Cc1nc2ccccc2s1. The maximum Gasteiger partial charge on any atom is 0.236 e. The third-order valence-electron chi connectivity index (χ3n) is 2.91. The Morgan fingerprint density at radius 2 is 2.11 bits per heavy atom. The van der Waals surface area contributed by atoms with E-state index in [9.17, 15) is 4.79 Å². The van der Waals surface area contributed by atoms with Crippen molar-refractivity contribution < 1.29 is 4.79 Å². The highest BCUT2D eigenvalue weighted by atomic mass is 79.9. The summed E-state index contributed by atoms with van der Waals surface area (Å²) in [6, 6.07) is 8.04. The minimum Gasteiger partial charge on any atom is -0.338 e. The van der Waals surface area contributed by atoms with E-state index < -0.39 is 0 Å². The Kier molecular flexibility index (Phi) is 4.58. The summed E-state index contributed by atoms with van der Waals surface area (Å²) >= 11 is 5.09. The van der Waals surface area contributed by atoms with Crippen LogP contribution in [-0.2, 0) is 11.3 Å². The molecule has 0 aliphatic rings. The molecule has 1 unspecified atom stereocenters. The smallest absolute Gasteiger partial charge is 0.236 e. The molecule has 19 heavy (non-hydrogen) atoms. The number of rotatable bonds is 4. The molecule has 0 fully saturated rings. The highest BCUT2D eigenvalue weighted by Crippen LogP contribution is 2.23. The molecule has 3 nitrogen and oxygen atoms in total. The summed E-state index contributed by atoms with van der Waals surface area (Å²) in [6.07, 6.45) is 0. The lowest BCUT2D eigenvalue weighted by Gasteiger charge is -2.21. The van der Waals surface area contributed by atoms with Crippen LogP contribution < -0.4 is 0 Å². The van der Waals surface area contributed by atoms with Crippen LogP contribution in [0.3, 0.4) is 0 Å². The average Bonchev–Trinajstić information content (AvgIpc) is 2.78. The van der Waals surface area contributed by atoms with Gasteiger partial charge in [-0.15, -0.1) is 11.3 Å². The van der Waals surface area contributed by atoms with Crippen LogP contribution in [0.25, 0.3) is 10.2 Å². The summed E-state index contributed by atoms with van der Waals surface area (Å²) in [7, 11) is 1.82. The topological polar surface area (TPSA) is 33.2 Å². The molecule has 0 aliphatic carbocycles. The number of alkyl halides is 1. The Bertz CT molecular complexity index is 549. The zero-order chi connectivity index (χ0) is 14.0. The molecule has 0 bridgehead atoms. The molecular formula is C14H17BrN2OS. The molecule has 2 rings (SSSR count). The third-order valence-corrected chi connectivity index (χ3v) is 5.38. The molecule has 1 aromatic heterocycles. The lowest BCUT2D eigenvalue weighted by atomic mass is 10.1. The van der Waals surface area contributed by atoms with Crippen molar-refractivity contribution in [1.82, 2.24) is 9.88 Å². The highest BCUT2D eigenvalue weighted by Gasteiger charge is 2.22. The second-order valence-electron chi connectivity index (χ2n) is 4.92. The second kappa shape index (κ2) is 6.01. The van der Waals surface area contributed by atoms with Gasteiger partial charge in [0.1, 0.15) is 5.01 Å². The number of halogens is 1. The molecule has 1 amide bonds. The van der Waals surface area contributed by atoms with Crippen LogP contribution in [0.2, 0.25) is 0 Å². The van der Waals surface area contributed by atoms with Gasteiger partial charge in [0.15, 0.2) is 0 Å². The van der Waals surface area contributed by atoms with Gasteiger partial charge < -0.3 is 4.90 Å². The first-order valence-electron chi connectivity index (χ1n) is 6.22. The average molecular weight is 341 g/mol. The minimum absolute atomic E-state index is 0.106. The summed E-state index contributed by atoms with van der Waals surface area (Å²) in [5.74, 6) is 0.388. The molecule has 0 spiro atoms. The van der Waals surface area contributed by atoms with Gasteiger partial charge in [-0.3, -0.25) is 4.79 Å². The third kappa shape index (κ3) is 3.34. The number of carbonyl (C=O) groups is 1. The molecule has 0 aliphatic heterocycles. The van der Waals surface area contributed by atoms with Crippen molar-refractivity contribution in [1.29, 1.82) is 0 Å². The Morgan fingerprint density at radius 1 is 1.42 bits per heavy atom. The molecular weight excluding hydrogens is 324 g/mol. The summed E-state index contributed by atoms with van der Waals surface area (Å²) in [5, 5.41) is 0.973. The van der Waals surface area contributed by atoms with Crippen molar-refractivity contribution in [3.05, 3.63) is 29.3 Å². The van der Waals surface area contributed by atoms with E-state index in [0.717, 1.165) is 15.2 Å². The summed E-state index contributed by atoms with van der Waals surface area (Å²) in [6.45, 7) is 4.62. The van der Waals surface area contributed by atoms with Gasteiger partial charge in [0, 0.05) is 7.05 Å². The van der Waals surface area contributed by atoms with E-state index in [1.165, 1.54) is 0 Å². The van der Waals surface area contributed by atoms with Crippen LogP contribution in [-0.4, -0.2) is 27.7 Å². The van der Waals surface area contributed by atoms with Crippen molar-refractivity contribution in [2.24, 2.45) is 5.92 Å². The van der Waals surface area contributed by atoms with Crippen LogP contribution in [0, 0.1) is 5.92 Å². The molecule has 0 saturated heterocycles. The quantitative estimate of drug-likeness (QED) is 0.795. The number of aromatic nitrogens is 1. The number of fused-ring (bicyclic) bond motifs is 1. The molecule has 102 valence electrons. The fraction of sp³-hybridized carbons (Fsp3) is 0.429. The first-order valence-corrected chi connectivity index (χ1v) is 7.95. The van der Waals surface area contributed by atoms with Crippen LogP contribution in [0.5, 0.6) is 0 Å². The van der Waals surface area contributed by atoms with E-state index in [0.29, 0.717) is 6.54 Å². The second-order valence-corrected chi connectivity index (χ2v) is 7.02. The number of carbonyl (C=O) groups excluding carboxylic acids is 1. The van der Waals surface area contributed by atoms with Crippen molar-refractivity contribution >= 4 is 43.4 Å². The van der Waals surface area contributed by atoms with Gasteiger partial charge >= 0.3 is 0 Å². The molecule has 1 atom stereocenters. The number of amides is 1. The molecule has 2 aromatic rings. The summed E-state index contributed by atoms with van der Waals surface area (Å²) in [4.78, 5) is 18.3. The van der Waals surface area contributed by atoms with Gasteiger partial charge in [-0.05, 0) is 18.1 Å². The molecule has 0 N–H and O–H groups in total. The van der Waals surface area contributed by atoms with Gasteiger partial charge in [-0.1, -0.05) is 41.9 Å². The lowest BCUT2D eigenvalue weighted by Crippen LogP contribution is -2.35. The molecule has 0 saturated carbocycles. The predicted molar refractivity (Wildman–Crippen MR) is 83.6 cm³/mol. The van der Waals surface area contributed by atoms with Crippen LogP contribution in [0.4, 0.5) is 0 Å². The maximum absolute atomic E-state index is 12.2. The molecule has 1 heterocycles. The maximum atomic E-state index is 12.2. The highest BCUT2D eigenvalue weighted by molar-refractivity contribution is 9.10. The van der Waals surface area contributed by atoms with Crippen molar-refractivity contribution in [3.63, 3.8) is 0 Å².